The van der Waals surface area contributed by atoms with Gasteiger partial charge in [-0.1, -0.05) is 6.07 Å². The van der Waals surface area contributed by atoms with Gasteiger partial charge in [0, 0.05) is 6.92 Å². The van der Waals surface area contributed by atoms with Crippen molar-refractivity contribution in [2.24, 2.45) is 5.73 Å². The highest BCUT2D eigenvalue weighted by molar-refractivity contribution is 5.85. The van der Waals surface area contributed by atoms with Crippen LogP contribution in [0.2, 0.25) is 0 Å². The van der Waals surface area contributed by atoms with Crippen molar-refractivity contribution in [1.29, 1.82) is 0 Å². The first-order chi connectivity index (χ1) is 7.95. The molecule has 0 aliphatic carbocycles. The van der Waals surface area contributed by atoms with Gasteiger partial charge in [0.15, 0.2) is 11.5 Å². The fourth-order valence-electron chi connectivity index (χ4n) is 1.28. The summed E-state index contributed by atoms with van der Waals surface area (Å²) in [6, 6.07) is 2.68. The lowest BCUT2D eigenvalue weighted by Crippen LogP contribution is -2.19. The maximum absolute atomic E-state index is 12.4. The summed E-state index contributed by atoms with van der Waals surface area (Å²) in [5.74, 6) is -0.159. The van der Waals surface area contributed by atoms with Gasteiger partial charge in [0.1, 0.15) is 0 Å². The SMILES string of the molecule is COc1cc([C@@H](N)C(F)F)ccc1OC(C)=O.Cl. The molecule has 18 heavy (non-hydrogen) atoms. The summed E-state index contributed by atoms with van der Waals surface area (Å²) in [6.07, 6.45) is -2.67. The fourth-order valence-corrected chi connectivity index (χ4v) is 1.28. The molecule has 1 aromatic carbocycles. The maximum atomic E-state index is 12.4. The number of nitrogens with two attached hydrogens (primary N) is 1. The Balaban J connectivity index is 0.00000289. The van der Waals surface area contributed by atoms with Crippen LogP contribution in [0.15, 0.2) is 18.2 Å². The lowest BCUT2D eigenvalue weighted by molar-refractivity contribution is -0.132. The minimum atomic E-state index is -2.67. The lowest BCUT2D eigenvalue weighted by atomic mass is 10.1. The van der Waals surface area contributed by atoms with Crippen LogP contribution in [0.5, 0.6) is 11.5 Å². The second-order valence-corrected chi connectivity index (χ2v) is 3.36. The third-order valence-electron chi connectivity index (χ3n) is 2.10. The van der Waals surface area contributed by atoms with Gasteiger partial charge in [-0.3, -0.25) is 4.79 Å². The number of alkyl halides is 2. The van der Waals surface area contributed by atoms with Crippen LogP contribution in [-0.4, -0.2) is 19.5 Å². The van der Waals surface area contributed by atoms with Crippen LogP contribution in [0.1, 0.15) is 18.5 Å². The molecular formula is C11H14ClF2NO3. The first-order valence-electron chi connectivity index (χ1n) is 4.85. The van der Waals surface area contributed by atoms with Crippen molar-refractivity contribution in [2.75, 3.05) is 7.11 Å². The van der Waals surface area contributed by atoms with Gasteiger partial charge in [0.25, 0.3) is 6.43 Å². The van der Waals surface area contributed by atoms with Gasteiger partial charge in [0.2, 0.25) is 0 Å². The molecule has 102 valence electrons. The zero-order valence-corrected chi connectivity index (χ0v) is 10.7. The number of hydrogen-bond donors (Lipinski definition) is 1. The van der Waals surface area contributed by atoms with Crippen molar-refractivity contribution in [3.63, 3.8) is 0 Å². The molecule has 0 fully saturated rings. The average Bonchev–Trinajstić information content (AvgIpc) is 2.27. The number of carbonyl (C=O) groups excluding carboxylic acids is 1. The number of hydrogen-bond acceptors (Lipinski definition) is 4. The smallest absolute Gasteiger partial charge is 0.308 e. The summed E-state index contributed by atoms with van der Waals surface area (Å²) >= 11 is 0. The van der Waals surface area contributed by atoms with Crippen LogP contribution in [0.25, 0.3) is 0 Å². The van der Waals surface area contributed by atoms with E-state index in [2.05, 4.69) is 0 Å². The summed E-state index contributed by atoms with van der Waals surface area (Å²) in [6.45, 7) is 1.23. The van der Waals surface area contributed by atoms with E-state index in [1.165, 1.54) is 32.2 Å². The molecule has 1 atom stereocenters. The third kappa shape index (κ3) is 4.12. The Morgan fingerprint density at radius 1 is 1.33 bits per heavy atom. The van der Waals surface area contributed by atoms with Crippen LogP contribution < -0.4 is 15.2 Å². The molecular weight excluding hydrogens is 268 g/mol. The van der Waals surface area contributed by atoms with E-state index >= 15 is 0 Å². The van der Waals surface area contributed by atoms with Gasteiger partial charge >= 0.3 is 5.97 Å². The summed E-state index contributed by atoms with van der Waals surface area (Å²) in [4.78, 5) is 10.8. The number of rotatable bonds is 4. The second-order valence-electron chi connectivity index (χ2n) is 3.36. The molecule has 1 rings (SSSR count). The highest BCUT2D eigenvalue weighted by Gasteiger charge is 2.19. The molecule has 0 heterocycles. The van der Waals surface area contributed by atoms with E-state index in [0.29, 0.717) is 0 Å². The van der Waals surface area contributed by atoms with Crippen LogP contribution in [0.3, 0.4) is 0 Å². The zero-order valence-electron chi connectivity index (χ0n) is 9.85. The Morgan fingerprint density at radius 2 is 1.94 bits per heavy atom. The molecule has 0 unspecified atom stereocenters. The molecule has 0 amide bonds. The van der Waals surface area contributed by atoms with E-state index in [0.717, 1.165) is 0 Å². The van der Waals surface area contributed by atoms with E-state index < -0.39 is 18.4 Å². The molecule has 0 saturated carbocycles. The first kappa shape index (κ1) is 16.6. The third-order valence-corrected chi connectivity index (χ3v) is 2.10. The van der Waals surface area contributed by atoms with E-state index in [-0.39, 0.29) is 29.5 Å². The van der Waals surface area contributed by atoms with Gasteiger partial charge in [-0.05, 0) is 17.7 Å². The summed E-state index contributed by atoms with van der Waals surface area (Å²) < 4.78 is 34.6. The van der Waals surface area contributed by atoms with E-state index in [1.54, 1.807) is 0 Å². The van der Waals surface area contributed by atoms with Crippen molar-refractivity contribution < 1.29 is 23.0 Å². The molecule has 1 aromatic rings. The van der Waals surface area contributed by atoms with E-state index in [1.807, 2.05) is 0 Å². The largest absolute Gasteiger partial charge is 0.493 e. The lowest BCUT2D eigenvalue weighted by Gasteiger charge is -2.14. The van der Waals surface area contributed by atoms with Crippen molar-refractivity contribution in [2.45, 2.75) is 19.4 Å². The number of esters is 1. The molecule has 0 aromatic heterocycles. The molecule has 0 aliphatic rings. The predicted octanol–water partition coefficient (Wildman–Crippen LogP) is 2.31. The number of methoxy groups -OCH3 is 1. The normalized spacial score (nSPS) is 11.7. The Morgan fingerprint density at radius 3 is 2.39 bits per heavy atom. The van der Waals surface area contributed by atoms with Gasteiger partial charge < -0.3 is 15.2 Å². The Hall–Kier alpha value is -1.40. The number of halogens is 3. The Labute approximate surface area is 109 Å². The molecule has 0 aliphatic heterocycles. The molecule has 2 N–H and O–H groups in total. The van der Waals surface area contributed by atoms with Crippen molar-refractivity contribution >= 4 is 18.4 Å². The summed E-state index contributed by atoms with van der Waals surface area (Å²) in [7, 11) is 1.35. The number of carbonyl (C=O) groups is 1. The van der Waals surface area contributed by atoms with Crippen LogP contribution in [0.4, 0.5) is 8.78 Å². The highest BCUT2D eigenvalue weighted by Crippen LogP contribution is 2.31. The van der Waals surface area contributed by atoms with Crippen molar-refractivity contribution in [3.8, 4) is 11.5 Å². The van der Waals surface area contributed by atoms with Gasteiger partial charge in [-0.15, -0.1) is 12.4 Å². The number of ether oxygens (including phenoxy) is 2. The second kappa shape index (κ2) is 7.13. The topological polar surface area (TPSA) is 61.6 Å². The summed E-state index contributed by atoms with van der Waals surface area (Å²) in [5, 5.41) is 0. The number of benzene rings is 1. The van der Waals surface area contributed by atoms with Gasteiger partial charge in [0.05, 0.1) is 13.2 Å². The highest BCUT2D eigenvalue weighted by atomic mass is 35.5. The van der Waals surface area contributed by atoms with Gasteiger partial charge in [-0.2, -0.15) is 0 Å². The standard InChI is InChI=1S/C11H13F2NO3.ClH/c1-6(15)17-8-4-3-7(5-9(8)16-2)10(14)11(12)13;/h3-5,10-11H,14H2,1-2H3;1H/t10-;/m1./s1. The first-order valence-corrected chi connectivity index (χ1v) is 4.85. The predicted molar refractivity (Wildman–Crippen MR) is 64.5 cm³/mol. The summed E-state index contributed by atoms with van der Waals surface area (Å²) in [5.41, 5.74) is 5.51. The average molecular weight is 282 g/mol. The quantitative estimate of drug-likeness (QED) is 0.679. The molecule has 0 saturated heterocycles. The van der Waals surface area contributed by atoms with Crippen LogP contribution in [-0.2, 0) is 4.79 Å². The molecule has 0 spiro atoms. The molecule has 4 nitrogen and oxygen atoms in total. The fraction of sp³-hybridized carbons (Fsp3) is 0.364. The maximum Gasteiger partial charge on any atom is 0.308 e. The Bertz CT molecular complexity index is 415. The minimum absolute atomic E-state index is 0. The van der Waals surface area contributed by atoms with Crippen LogP contribution in [0, 0.1) is 0 Å². The monoisotopic (exact) mass is 281 g/mol. The molecule has 0 bridgehead atoms. The molecule has 7 heteroatoms. The van der Waals surface area contributed by atoms with Crippen molar-refractivity contribution in [3.05, 3.63) is 23.8 Å². The van der Waals surface area contributed by atoms with E-state index in [9.17, 15) is 13.6 Å². The molecule has 0 radical (unpaired) electrons. The van der Waals surface area contributed by atoms with Crippen LogP contribution >= 0.6 is 12.4 Å². The van der Waals surface area contributed by atoms with Crippen molar-refractivity contribution in [1.82, 2.24) is 0 Å². The Kier molecular flexibility index (Phi) is 6.57. The van der Waals surface area contributed by atoms with Gasteiger partial charge in [-0.25, -0.2) is 8.78 Å². The zero-order chi connectivity index (χ0) is 13.0. The minimum Gasteiger partial charge on any atom is -0.493 e. The van der Waals surface area contributed by atoms with E-state index in [4.69, 9.17) is 15.2 Å².